The standard InChI is InChI=1S/C15H20N2O4/c1-4-16(2)14(20)11-6-5-7-12(10-11)15(21)17(3)9-8-13(18)19/h5-7,10H,4,8-9H2,1-3H3,(H,18,19). The van der Waals surface area contributed by atoms with Gasteiger partial charge in [-0.3, -0.25) is 14.4 Å². The van der Waals surface area contributed by atoms with Gasteiger partial charge in [0.25, 0.3) is 11.8 Å². The van der Waals surface area contributed by atoms with Crippen LogP contribution in [0.15, 0.2) is 24.3 Å². The molecule has 21 heavy (non-hydrogen) atoms. The molecule has 0 saturated carbocycles. The van der Waals surface area contributed by atoms with Gasteiger partial charge in [-0.05, 0) is 25.1 Å². The fourth-order valence-electron chi connectivity index (χ4n) is 1.73. The number of aliphatic carboxylic acids is 1. The molecule has 1 N–H and O–H groups in total. The van der Waals surface area contributed by atoms with Gasteiger partial charge in [-0.2, -0.15) is 0 Å². The summed E-state index contributed by atoms with van der Waals surface area (Å²) in [6, 6.07) is 6.45. The Kier molecular flexibility index (Phi) is 5.90. The van der Waals surface area contributed by atoms with E-state index < -0.39 is 5.97 Å². The minimum absolute atomic E-state index is 0.112. The highest BCUT2D eigenvalue weighted by atomic mass is 16.4. The Labute approximate surface area is 124 Å². The number of carboxylic acids is 1. The lowest BCUT2D eigenvalue weighted by Gasteiger charge is -2.18. The zero-order valence-electron chi connectivity index (χ0n) is 12.5. The molecule has 0 aliphatic rings. The summed E-state index contributed by atoms with van der Waals surface area (Å²) < 4.78 is 0. The summed E-state index contributed by atoms with van der Waals surface area (Å²) in [6.07, 6.45) is -0.112. The van der Waals surface area contributed by atoms with E-state index in [1.807, 2.05) is 6.92 Å². The predicted octanol–water partition coefficient (Wildman–Crippen LogP) is 1.33. The highest BCUT2D eigenvalue weighted by molar-refractivity contribution is 5.99. The quantitative estimate of drug-likeness (QED) is 0.858. The molecular formula is C15H20N2O4. The molecule has 0 atom stereocenters. The number of carboxylic acid groups (broad SMARTS) is 1. The van der Waals surface area contributed by atoms with Gasteiger partial charge >= 0.3 is 5.97 Å². The average molecular weight is 292 g/mol. The van der Waals surface area contributed by atoms with Gasteiger partial charge in [0.15, 0.2) is 0 Å². The van der Waals surface area contributed by atoms with Crippen molar-refractivity contribution < 1.29 is 19.5 Å². The van der Waals surface area contributed by atoms with Crippen molar-refractivity contribution in [1.82, 2.24) is 9.80 Å². The van der Waals surface area contributed by atoms with Crippen molar-refractivity contribution in [3.05, 3.63) is 35.4 Å². The summed E-state index contributed by atoms with van der Waals surface area (Å²) in [4.78, 5) is 37.7. The van der Waals surface area contributed by atoms with Gasteiger partial charge in [0, 0.05) is 38.3 Å². The molecule has 0 aliphatic carbocycles. The summed E-state index contributed by atoms with van der Waals surface area (Å²) in [5, 5.41) is 8.63. The van der Waals surface area contributed by atoms with Crippen LogP contribution < -0.4 is 0 Å². The Morgan fingerprint density at radius 1 is 1.05 bits per heavy atom. The first kappa shape index (κ1) is 16.7. The van der Waals surface area contributed by atoms with Gasteiger partial charge in [-0.15, -0.1) is 0 Å². The first-order valence-corrected chi connectivity index (χ1v) is 6.69. The van der Waals surface area contributed by atoms with E-state index in [4.69, 9.17) is 5.11 Å². The van der Waals surface area contributed by atoms with Gasteiger partial charge in [0.1, 0.15) is 0 Å². The monoisotopic (exact) mass is 292 g/mol. The van der Waals surface area contributed by atoms with Gasteiger partial charge in [-0.1, -0.05) is 6.07 Å². The van der Waals surface area contributed by atoms with Crippen LogP contribution in [0.2, 0.25) is 0 Å². The largest absolute Gasteiger partial charge is 0.481 e. The second-order valence-electron chi connectivity index (χ2n) is 4.77. The smallest absolute Gasteiger partial charge is 0.305 e. The molecule has 1 rings (SSSR count). The van der Waals surface area contributed by atoms with Crippen molar-refractivity contribution in [1.29, 1.82) is 0 Å². The summed E-state index contributed by atoms with van der Waals surface area (Å²) in [7, 11) is 3.23. The molecule has 0 unspecified atom stereocenters. The van der Waals surface area contributed by atoms with Crippen LogP contribution in [-0.4, -0.2) is 59.9 Å². The fourth-order valence-corrected chi connectivity index (χ4v) is 1.73. The number of hydrogen-bond acceptors (Lipinski definition) is 3. The minimum Gasteiger partial charge on any atom is -0.481 e. The maximum absolute atomic E-state index is 12.2. The van der Waals surface area contributed by atoms with E-state index in [1.54, 1.807) is 30.1 Å². The van der Waals surface area contributed by atoms with Crippen molar-refractivity contribution in [2.45, 2.75) is 13.3 Å². The van der Waals surface area contributed by atoms with Gasteiger partial charge in [0.2, 0.25) is 0 Å². The molecule has 0 spiro atoms. The summed E-state index contributed by atoms with van der Waals surface area (Å²) in [6.45, 7) is 2.57. The normalized spacial score (nSPS) is 10.0. The van der Waals surface area contributed by atoms with Crippen molar-refractivity contribution >= 4 is 17.8 Å². The molecule has 1 aromatic carbocycles. The second kappa shape index (κ2) is 7.42. The Balaban J connectivity index is 2.86. The minimum atomic E-state index is -0.955. The van der Waals surface area contributed by atoms with Crippen LogP contribution in [0, 0.1) is 0 Å². The zero-order chi connectivity index (χ0) is 16.0. The van der Waals surface area contributed by atoms with Crippen LogP contribution in [0.1, 0.15) is 34.1 Å². The molecule has 0 aliphatic heterocycles. The van der Waals surface area contributed by atoms with Crippen LogP contribution in [0.25, 0.3) is 0 Å². The molecule has 1 aromatic rings. The topological polar surface area (TPSA) is 77.9 Å². The number of nitrogens with zero attached hydrogens (tertiary/aromatic N) is 2. The Morgan fingerprint density at radius 3 is 2.05 bits per heavy atom. The number of carbonyl (C=O) groups is 3. The highest BCUT2D eigenvalue weighted by Crippen LogP contribution is 2.10. The maximum Gasteiger partial charge on any atom is 0.305 e. The Bertz CT molecular complexity index is 542. The lowest BCUT2D eigenvalue weighted by molar-refractivity contribution is -0.137. The third-order valence-corrected chi connectivity index (χ3v) is 3.19. The Morgan fingerprint density at radius 2 is 1.57 bits per heavy atom. The summed E-state index contributed by atoms with van der Waals surface area (Å²) in [5.74, 6) is -1.41. The summed E-state index contributed by atoms with van der Waals surface area (Å²) >= 11 is 0. The number of benzene rings is 1. The predicted molar refractivity (Wildman–Crippen MR) is 78.3 cm³/mol. The van der Waals surface area contributed by atoms with Crippen LogP contribution in [0.5, 0.6) is 0 Å². The Hall–Kier alpha value is -2.37. The lowest BCUT2D eigenvalue weighted by atomic mass is 10.1. The van der Waals surface area contributed by atoms with E-state index in [0.29, 0.717) is 17.7 Å². The van der Waals surface area contributed by atoms with Gasteiger partial charge < -0.3 is 14.9 Å². The molecule has 2 amide bonds. The van der Waals surface area contributed by atoms with Crippen LogP contribution in [-0.2, 0) is 4.79 Å². The van der Waals surface area contributed by atoms with Crippen LogP contribution in [0.4, 0.5) is 0 Å². The van der Waals surface area contributed by atoms with E-state index >= 15 is 0 Å². The third kappa shape index (κ3) is 4.59. The zero-order valence-corrected chi connectivity index (χ0v) is 12.5. The van der Waals surface area contributed by atoms with E-state index in [9.17, 15) is 14.4 Å². The molecule has 0 heterocycles. The molecule has 6 nitrogen and oxygen atoms in total. The molecule has 0 saturated heterocycles. The van der Waals surface area contributed by atoms with E-state index in [2.05, 4.69) is 0 Å². The number of rotatable bonds is 6. The summed E-state index contributed by atoms with van der Waals surface area (Å²) in [5.41, 5.74) is 0.815. The first-order valence-electron chi connectivity index (χ1n) is 6.69. The average Bonchev–Trinajstić information content (AvgIpc) is 2.50. The molecule has 0 fully saturated rings. The molecule has 0 radical (unpaired) electrons. The van der Waals surface area contributed by atoms with Crippen molar-refractivity contribution in [3.8, 4) is 0 Å². The third-order valence-electron chi connectivity index (χ3n) is 3.19. The van der Waals surface area contributed by atoms with Gasteiger partial charge in [0.05, 0.1) is 6.42 Å². The number of carbonyl (C=O) groups excluding carboxylic acids is 2. The molecule has 0 aromatic heterocycles. The maximum atomic E-state index is 12.2. The highest BCUT2D eigenvalue weighted by Gasteiger charge is 2.16. The van der Waals surface area contributed by atoms with Crippen LogP contribution >= 0.6 is 0 Å². The SMILES string of the molecule is CCN(C)C(=O)c1cccc(C(=O)N(C)CCC(=O)O)c1. The van der Waals surface area contributed by atoms with Crippen molar-refractivity contribution in [2.24, 2.45) is 0 Å². The second-order valence-corrected chi connectivity index (χ2v) is 4.77. The molecule has 0 bridgehead atoms. The molecule has 114 valence electrons. The van der Waals surface area contributed by atoms with E-state index in [-0.39, 0.29) is 24.8 Å². The number of hydrogen-bond donors (Lipinski definition) is 1. The fraction of sp³-hybridized carbons (Fsp3) is 0.400. The first-order chi connectivity index (χ1) is 9.86. The van der Waals surface area contributed by atoms with E-state index in [1.165, 1.54) is 18.0 Å². The number of amides is 2. The van der Waals surface area contributed by atoms with Gasteiger partial charge in [-0.25, -0.2) is 0 Å². The molecule has 6 heteroatoms. The molecular weight excluding hydrogens is 272 g/mol. The van der Waals surface area contributed by atoms with E-state index in [0.717, 1.165) is 0 Å². The van der Waals surface area contributed by atoms with Crippen molar-refractivity contribution in [2.75, 3.05) is 27.2 Å². The lowest BCUT2D eigenvalue weighted by Crippen LogP contribution is -2.30. The van der Waals surface area contributed by atoms with Crippen LogP contribution in [0.3, 0.4) is 0 Å². The van der Waals surface area contributed by atoms with Crippen molar-refractivity contribution in [3.63, 3.8) is 0 Å².